The maximum atomic E-state index is 13.0. The lowest BCUT2D eigenvalue weighted by Crippen LogP contribution is -2.28. The van der Waals surface area contributed by atoms with Gasteiger partial charge >= 0.3 is 6.18 Å². The zero-order chi connectivity index (χ0) is 22.1. The van der Waals surface area contributed by atoms with Crippen molar-refractivity contribution in [2.24, 2.45) is 0 Å². The molecule has 0 fully saturated rings. The van der Waals surface area contributed by atoms with Gasteiger partial charge < -0.3 is 5.32 Å². The number of carbonyl (C=O) groups excluding carboxylic acids is 1. The molecule has 0 aliphatic rings. The van der Waals surface area contributed by atoms with Crippen molar-refractivity contribution in [3.8, 4) is 0 Å². The number of amides is 1. The van der Waals surface area contributed by atoms with E-state index >= 15 is 0 Å². The van der Waals surface area contributed by atoms with Gasteiger partial charge in [-0.05, 0) is 41.8 Å². The Kier molecular flexibility index (Phi) is 6.11. The summed E-state index contributed by atoms with van der Waals surface area (Å²) in [5, 5.41) is 3.39. The molecule has 158 valence electrons. The summed E-state index contributed by atoms with van der Waals surface area (Å²) in [5.74, 6) is -0.745. The van der Waals surface area contributed by atoms with E-state index in [0.29, 0.717) is 0 Å². The maximum absolute atomic E-state index is 13.0. The number of nitrogens with one attached hydrogen (secondary N) is 1. The first kappa shape index (κ1) is 22.1. The van der Waals surface area contributed by atoms with Crippen LogP contribution in [0.3, 0.4) is 0 Å². The van der Waals surface area contributed by atoms with E-state index < -0.39 is 32.7 Å². The molecule has 5 nitrogen and oxygen atoms in total. The fourth-order valence-corrected chi connectivity index (χ4v) is 4.94. The Bertz CT molecular complexity index is 1180. The molecule has 0 spiro atoms. The molecule has 11 heteroatoms. The van der Waals surface area contributed by atoms with Crippen molar-refractivity contribution >= 4 is 50.2 Å². The summed E-state index contributed by atoms with van der Waals surface area (Å²) in [7, 11) is -2.63. The predicted molar refractivity (Wildman–Crippen MR) is 111 cm³/mol. The van der Waals surface area contributed by atoms with Gasteiger partial charge in [-0.2, -0.15) is 13.2 Å². The zero-order valence-corrected chi connectivity index (χ0v) is 17.7. The van der Waals surface area contributed by atoms with Gasteiger partial charge in [-0.1, -0.05) is 29.8 Å². The molecule has 0 unspecified atom stereocenters. The van der Waals surface area contributed by atoms with Crippen LogP contribution in [-0.2, 0) is 16.2 Å². The molecule has 0 radical (unpaired) electrons. The number of hydrogen-bond donors (Lipinski definition) is 1. The minimum absolute atomic E-state index is 0.0283. The fourth-order valence-electron chi connectivity index (χ4n) is 2.61. The third-order valence-corrected chi connectivity index (χ3v) is 7.14. The van der Waals surface area contributed by atoms with Crippen LogP contribution in [0.2, 0.25) is 5.02 Å². The van der Waals surface area contributed by atoms with Gasteiger partial charge in [0, 0.05) is 12.7 Å². The first-order valence-corrected chi connectivity index (χ1v) is 11.0. The molecular formula is C19H14ClF3N2O3S2. The summed E-state index contributed by atoms with van der Waals surface area (Å²) < 4.78 is 65.7. The molecule has 0 bridgehead atoms. The first-order chi connectivity index (χ1) is 14.0. The van der Waals surface area contributed by atoms with E-state index in [-0.39, 0.29) is 21.1 Å². The predicted octanol–water partition coefficient (Wildman–Crippen LogP) is 5.50. The number of sulfonamides is 1. The van der Waals surface area contributed by atoms with Crippen LogP contribution in [0.5, 0.6) is 0 Å². The normalized spacial score (nSPS) is 11.9. The number of hydrogen-bond acceptors (Lipinski definition) is 4. The zero-order valence-electron chi connectivity index (χ0n) is 15.3. The lowest BCUT2D eigenvalue weighted by atomic mass is 10.2. The summed E-state index contributed by atoms with van der Waals surface area (Å²) in [6.45, 7) is 0. The lowest BCUT2D eigenvalue weighted by Gasteiger charge is -2.20. The van der Waals surface area contributed by atoms with Gasteiger partial charge in [-0.3, -0.25) is 9.10 Å². The molecule has 1 heterocycles. The fraction of sp³-hybridized carbons (Fsp3) is 0.105. The Morgan fingerprint density at radius 2 is 1.77 bits per heavy atom. The summed E-state index contributed by atoms with van der Waals surface area (Å²) in [6, 6.07) is 12.1. The SMILES string of the molecule is CN(c1ccsc1C(=O)Nc1ccc(Cl)c(C(F)(F)F)c1)S(=O)(=O)c1ccccc1. The Morgan fingerprint density at radius 1 is 1.10 bits per heavy atom. The molecule has 1 amide bonds. The van der Waals surface area contributed by atoms with Crippen molar-refractivity contribution in [1.82, 2.24) is 0 Å². The van der Waals surface area contributed by atoms with Crippen LogP contribution < -0.4 is 9.62 Å². The maximum Gasteiger partial charge on any atom is 0.417 e. The van der Waals surface area contributed by atoms with Crippen LogP contribution in [0.25, 0.3) is 0 Å². The van der Waals surface area contributed by atoms with E-state index in [1.807, 2.05) is 0 Å². The average Bonchev–Trinajstić information content (AvgIpc) is 3.18. The van der Waals surface area contributed by atoms with Crippen LogP contribution in [0.15, 0.2) is 64.9 Å². The summed E-state index contributed by atoms with van der Waals surface area (Å²) in [5.41, 5.74) is -1.10. The highest BCUT2D eigenvalue weighted by Gasteiger charge is 2.33. The molecule has 3 rings (SSSR count). The number of halogens is 4. The number of nitrogens with zero attached hydrogens (tertiary/aromatic N) is 1. The molecule has 1 aromatic heterocycles. The molecule has 2 aromatic carbocycles. The second-order valence-corrected chi connectivity index (χ2v) is 9.36. The van der Waals surface area contributed by atoms with Crippen LogP contribution in [-0.4, -0.2) is 21.4 Å². The number of thiophene rings is 1. The van der Waals surface area contributed by atoms with Gasteiger partial charge in [-0.25, -0.2) is 8.42 Å². The third-order valence-electron chi connectivity index (χ3n) is 4.12. The van der Waals surface area contributed by atoms with Crippen molar-refractivity contribution in [1.29, 1.82) is 0 Å². The van der Waals surface area contributed by atoms with Crippen LogP contribution >= 0.6 is 22.9 Å². The quantitative estimate of drug-likeness (QED) is 0.531. The largest absolute Gasteiger partial charge is 0.417 e. The molecule has 3 aromatic rings. The number of benzene rings is 2. The number of rotatable bonds is 5. The second-order valence-electron chi connectivity index (χ2n) is 6.07. The molecule has 1 N–H and O–H groups in total. The van der Waals surface area contributed by atoms with Crippen LogP contribution in [0.1, 0.15) is 15.2 Å². The van der Waals surface area contributed by atoms with E-state index in [1.54, 1.807) is 18.2 Å². The van der Waals surface area contributed by atoms with E-state index in [9.17, 15) is 26.4 Å². The van der Waals surface area contributed by atoms with Gasteiger partial charge in [-0.15, -0.1) is 11.3 Å². The van der Waals surface area contributed by atoms with Gasteiger partial charge in [0.1, 0.15) is 4.88 Å². The summed E-state index contributed by atoms with van der Waals surface area (Å²) in [6.07, 6.45) is -4.68. The van der Waals surface area contributed by atoms with Gasteiger partial charge in [0.05, 0.1) is 21.2 Å². The van der Waals surface area contributed by atoms with E-state index in [2.05, 4.69) is 5.32 Å². The molecule has 30 heavy (non-hydrogen) atoms. The van der Waals surface area contributed by atoms with Crippen LogP contribution in [0, 0.1) is 0 Å². The summed E-state index contributed by atoms with van der Waals surface area (Å²) >= 11 is 6.55. The molecule has 0 aliphatic heterocycles. The van der Waals surface area contributed by atoms with Crippen molar-refractivity contribution in [3.63, 3.8) is 0 Å². The second kappa shape index (κ2) is 8.29. The standard InChI is InChI=1S/C19H14ClF3N2O3S2/c1-25(30(27,28)13-5-3-2-4-6-13)16-9-10-29-17(16)18(26)24-12-7-8-15(20)14(11-12)19(21,22)23/h2-11H,1H3,(H,24,26). The Morgan fingerprint density at radius 3 is 2.40 bits per heavy atom. The number of anilines is 2. The minimum Gasteiger partial charge on any atom is -0.321 e. The third kappa shape index (κ3) is 4.45. The topological polar surface area (TPSA) is 66.5 Å². The van der Waals surface area contributed by atoms with Crippen molar-refractivity contribution < 1.29 is 26.4 Å². The molecule has 0 saturated carbocycles. The molecule has 0 aliphatic carbocycles. The number of carbonyl (C=O) groups is 1. The Labute approximate surface area is 179 Å². The van der Waals surface area contributed by atoms with Crippen molar-refractivity contribution in [3.05, 3.63) is 75.4 Å². The van der Waals surface area contributed by atoms with Gasteiger partial charge in [0.15, 0.2) is 0 Å². The number of alkyl halides is 3. The highest BCUT2D eigenvalue weighted by atomic mass is 35.5. The highest BCUT2D eigenvalue weighted by Crippen LogP contribution is 2.37. The minimum atomic E-state index is -4.68. The van der Waals surface area contributed by atoms with Gasteiger partial charge in [0.25, 0.3) is 15.9 Å². The van der Waals surface area contributed by atoms with Crippen molar-refractivity contribution in [2.45, 2.75) is 11.1 Å². The highest BCUT2D eigenvalue weighted by molar-refractivity contribution is 7.92. The summed E-state index contributed by atoms with van der Waals surface area (Å²) in [4.78, 5) is 12.7. The van der Waals surface area contributed by atoms with Gasteiger partial charge in [0.2, 0.25) is 0 Å². The average molecular weight is 475 g/mol. The van der Waals surface area contributed by atoms with Crippen LogP contribution in [0.4, 0.5) is 24.5 Å². The smallest absolute Gasteiger partial charge is 0.321 e. The van der Waals surface area contributed by atoms with E-state index in [4.69, 9.17) is 11.6 Å². The lowest BCUT2D eigenvalue weighted by molar-refractivity contribution is -0.137. The molecular weight excluding hydrogens is 461 g/mol. The Balaban J connectivity index is 1.89. The van der Waals surface area contributed by atoms with E-state index in [1.165, 1.54) is 36.7 Å². The van der Waals surface area contributed by atoms with E-state index in [0.717, 1.165) is 27.8 Å². The first-order valence-electron chi connectivity index (χ1n) is 8.31. The Hall–Kier alpha value is -2.56. The molecule has 0 saturated heterocycles. The monoisotopic (exact) mass is 474 g/mol. The molecule has 0 atom stereocenters. The van der Waals surface area contributed by atoms with Crippen molar-refractivity contribution in [2.75, 3.05) is 16.7 Å².